The minimum Gasteiger partial charge on any atom is -0.450 e. The summed E-state index contributed by atoms with van der Waals surface area (Å²) in [5, 5.41) is 0. The Bertz CT molecular complexity index is 419. The van der Waals surface area contributed by atoms with Gasteiger partial charge in [-0.15, -0.1) is 0 Å². The molecule has 0 aromatic carbocycles. The zero-order valence-corrected chi connectivity index (χ0v) is 10.3. The largest absolute Gasteiger partial charge is 0.450 e. The maximum atomic E-state index is 10.9. The molecular formula is C9H14O6S. The number of aldehydes is 1. The van der Waals surface area contributed by atoms with E-state index in [1.165, 1.54) is 6.92 Å². The van der Waals surface area contributed by atoms with Crippen LogP contribution in [-0.4, -0.2) is 32.9 Å². The lowest BCUT2D eigenvalue weighted by Crippen LogP contribution is -2.24. The fourth-order valence-electron chi connectivity index (χ4n) is 1.32. The molecule has 0 fully saturated rings. The third-order valence-electron chi connectivity index (χ3n) is 1.75. The molecule has 1 rings (SSSR count). The van der Waals surface area contributed by atoms with E-state index in [2.05, 4.69) is 0 Å². The van der Waals surface area contributed by atoms with Gasteiger partial charge < -0.3 is 9.47 Å². The van der Waals surface area contributed by atoms with Gasteiger partial charge in [0.1, 0.15) is 6.10 Å². The van der Waals surface area contributed by atoms with Crippen molar-refractivity contribution in [2.24, 2.45) is 0 Å². The quantitative estimate of drug-likeness (QED) is 0.535. The number of carbonyl (C=O) groups excluding carboxylic acids is 1. The topological polar surface area (TPSA) is 78.9 Å². The monoisotopic (exact) mass is 250 g/mol. The first kappa shape index (κ1) is 13.0. The van der Waals surface area contributed by atoms with Gasteiger partial charge in [-0.3, -0.25) is 8.98 Å². The predicted molar refractivity (Wildman–Crippen MR) is 54.7 cm³/mol. The van der Waals surface area contributed by atoms with Crippen LogP contribution in [-0.2, 0) is 28.6 Å². The van der Waals surface area contributed by atoms with Crippen LogP contribution >= 0.6 is 0 Å². The zero-order chi connectivity index (χ0) is 12.6. The molecule has 1 heterocycles. The molecule has 16 heavy (non-hydrogen) atoms. The fourth-order valence-corrected chi connectivity index (χ4v) is 1.93. The van der Waals surface area contributed by atoms with Crippen LogP contribution in [0.1, 0.15) is 20.8 Å². The summed E-state index contributed by atoms with van der Waals surface area (Å²) in [6, 6.07) is 0. The molecule has 1 aliphatic rings. The average Bonchev–Trinajstić information content (AvgIpc) is 2.38. The number of carbonyl (C=O) groups is 1. The van der Waals surface area contributed by atoms with E-state index in [1.807, 2.05) is 0 Å². The molecule has 92 valence electrons. The van der Waals surface area contributed by atoms with Crippen molar-refractivity contribution in [2.45, 2.75) is 32.7 Å². The highest BCUT2D eigenvalue weighted by molar-refractivity contribution is 7.86. The number of hydrogen-bond donors (Lipinski definition) is 0. The fraction of sp³-hybridized carbons (Fsp3) is 0.667. The van der Waals surface area contributed by atoms with Crippen molar-refractivity contribution < 1.29 is 26.9 Å². The summed E-state index contributed by atoms with van der Waals surface area (Å²) in [7, 11) is -3.62. The molecule has 0 N–H and O–H groups in total. The van der Waals surface area contributed by atoms with Gasteiger partial charge in [0.25, 0.3) is 10.1 Å². The Morgan fingerprint density at radius 2 is 1.94 bits per heavy atom. The highest BCUT2D eigenvalue weighted by Crippen LogP contribution is 2.32. The van der Waals surface area contributed by atoms with Crippen LogP contribution in [0.3, 0.4) is 0 Å². The van der Waals surface area contributed by atoms with Gasteiger partial charge in [0.05, 0.1) is 6.26 Å². The van der Waals surface area contributed by atoms with Gasteiger partial charge in [0.15, 0.2) is 12.0 Å². The molecular weight excluding hydrogens is 236 g/mol. The number of allylic oxidation sites excluding steroid dienone is 1. The number of ether oxygens (including phenoxy) is 2. The molecule has 0 saturated heterocycles. The lowest BCUT2D eigenvalue weighted by Gasteiger charge is -2.19. The van der Waals surface area contributed by atoms with E-state index < -0.39 is 22.0 Å². The van der Waals surface area contributed by atoms with Crippen molar-refractivity contribution in [3.63, 3.8) is 0 Å². The van der Waals surface area contributed by atoms with E-state index in [-0.39, 0.29) is 11.5 Å². The molecule has 6 nitrogen and oxygen atoms in total. The number of rotatable bonds is 4. The molecule has 0 radical (unpaired) electrons. The first-order valence-electron chi connectivity index (χ1n) is 4.60. The molecule has 7 heteroatoms. The van der Waals surface area contributed by atoms with E-state index in [9.17, 15) is 13.2 Å². The predicted octanol–water partition coefficient (Wildman–Crippen LogP) is 0.544. The van der Waals surface area contributed by atoms with Crippen molar-refractivity contribution in [1.29, 1.82) is 0 Å². The van der Waals surface area contributed by atoms with Crippen LogP contribution in [0, 0.1) is 0 Å². The zero-order valence-electron chi connectivity index (χ0n) is 9.51. The molecule has 0 amide bonds. The van der Waals surface area contributed by atoms with E-state index in [1.54, 1.807) is 13.8 Å². The summed E-state index contributed by atoms with van der Waals surface area (Å²) in [6.07, 6.45) is 0.495. The molecule has 0 unspecified atom stereocenters. The first-order valence-corrected chi connectivity index (χ1v) is 6.42. The molecule has 0 spiro atoms. The molecule has 0 saturated carbocycles. The third kappa shape index (κ3) is 3.21. The Morgan fingerprint density at radius 1 is 1.38 bits per heavy atom. The van der Waals surface area contributed by atoms with Gasteiger partial charge in [0, 0.05) is 13.8 Å². The van der Waals surface area contributed by atoms with Crippen molar-refractivity contribution in [1.82, 2.24) is 0 Å². The molecule has 0 aromatic rings. The maximum absolute atomic E-state index is 10.9. The summed E-state index contributed by atoms with van der Waals surface area (Å²) in [4.78, 5) is 10.7. The van der Waals surface area contributed by atoms with Crippen molar-refractivity contribution in [2.75, 3.05) is 6.26 Å². The number of hydrogen-bond acceptors (Lipinski definition) is 6. The second-order valence-corrected chi connectivity index (χ2v) is 5.49. The highest BCUT2D eigenvalue weighted by atomic mass is 32.2. The van der Waals surface area contributed by atoms with Gasteiger partial charge in [-0.25, -0.2) is 0 Å². The van der Waals surface area contributed by atoms with Crippen molar-refractivity contribution in [3.05, 3.63) is 11.5 Å². The Balaban J connectivity index is 2.90. The highest BCUT2D eigenvalue weighted by Gasteiger charge is 2.37. The average molecular weight is 250 g/mol. The smallest absolute Gasteiger partial charge is 0.265 e. The minimum absolute atomic E-state index is 0.0406. The van der Waals surface area contributed by atoms with E-state index in [0.29, 0.717) is 6.29 Å². The SMILES string of the molecule is C[C@@H](OS(C)(=O)=O)C1=C(C=O)OC(C)(C)O1. The molecule has 0 aliphatic carbocycles. The van der Waals surface area contributed by atoms with Crippen LogP contribution in [0.15, 0.2) is 11.5 Å². The Labute approximate surface area is 94.3 Å². The van der Waals surface area contributed by atoms with Gasteiger partial charge in [-0.05, 0) is 6.92 Å². The second-order valence-electron chi connectivity index (χ2n) is 3.89. The van der Waals surface area contributed by atoms with Crippen LogP contribution in [0.2, 0.25) is 0 Å². The molecule has 1 atom stereocenters. The molecule has 1 aliphatic heterocycles. The standard InChI is InChI=1S/C9H14O6S/c1-6(15-16(4,11)12)8-7(5-10)13-9(2,3)14-8/h5-6H,1-4H3/t6-/m1/s1. The summed E-state index contributed by atoms with van der Waals surface area (Å²) in [6.45, 7) is 4.68. The Hall–Kier alpha value is -1.08. The van der Waals surface area contributed by atoms with Crippen LogP contribution in [0.4, 0.5) is 0 Å². The lowest BCUT2D eigenvalue weighted by molar-refractivity contribution is -0.135. The first-order chi connectivity index (χ1) is 7.14. The van der Waals surface area contributed by atoms with E-state index >= 15 is 0 Å². The van der Waals surface area contributed by atoms with Gasteiger partial charge in [-0.1, -0.05) is 0 Å². The third-order valence-corrected chi connectivity index (χ3v) is 2.39. The van der Waals surface area contributed by atoms with Gasteiger partial charge >= 0.3 is 0 Å². The van der Waals surface area contributed by atoms with Gasteiger partial charge in [0.2, 0.25) is 11.5 Å². The Kier molecular flexibility index (Phi) is 3.30. The second kappa shape index (κ2) is 4.06. The lowest BCUT2D eigenvalue weighted by atomic mass is 10.3. The molecule has 0 bridgehead atoms. The van der Waals surface area contributed by atoms with Crippen LogP contribution in [0.5, 0.6) is 0 Å². The molecule has 0 aromatic heterocycles. The Morgan fingerprint density at radius 3 is 2.38 bits per heavy atom. The maximum Gasteiger partial charge on any atom is 0.265 e. The summed E-state index contributed by atoms with van der Waals surface area (Å²) < 4.78 is 37.0. The summed E-state index contributed by atoms with van der Waals surface area (Å²) >= 11 is 0. The normalized spacial score (nSPS) is 21.2. The summed E-state index contributed by atoms with van der Waals surface area (Å²) in [5.41, 5.74) is 0. The van der Waals surface area contributed by atoms with E-state index in [4.69, 9.17) is 13.7 Å². The summed E-state index contributed by atoms with van der Waals surface area (Å²) in [5.74, 6) is -0.938. The minimum atomic E-state index is -3.62. The van der Waals surface area contributed by atoms with Crippen LogP contribution < -0.4 is 0 Å². The van der Waals surface area contributed by atoms with Crippen LogP contribution in [0.25, 0.3) is 0 Å². The van der Waals surface area contributed by atoms with Crippen molar-refractivity contribution in [3.8, 4) is 0 Å². The van der Waals surface area contributed by atoms with Gasteiger partial charge in [-0.2, -0.15) is 8.42 Å². The van der Waals surface area contributed by atoms with Crippen molar-refractivity contribution >= 4 is 16.4 Å². The van der Waals surface area contributed by atoms with E-state index in [0.717, 1.165) is 6.26 Å².